The van der Waals surface area contributed by atoms with E-state index < -0.39 is 24.3 Å². The number of hydrogen-bond acceptors (Lipinski definition) is 6. The smallest absolute Gasteiger partial charge is 0.364 e. The van der Waals surface area contributed by atoms with Crippen molar-refractivity contribution in [2.45, 2.75) is 166 Å². The molecule has 0 aromatic rings. The Morgan fingerprint density at radius 3 is 2.12 bits per heavy atom. The molecule has 0 aromatic carbocycles. The highest BCUT2D eigenvalue weighted by atomic mass is 16.8. The van der Waals surface area contributed by atoms with Crippen molar-refractivity contribution in [1.82, 2.24) is 0 Å². The van der Waals surface area contributed by atoms with Crippen molar-refractivity contribution in [2.24, 2.45) is 23.2 Å². The van der Waals surface area contributed by atoms with Gasteiger partial charge in [0.2, 0.25) is 0 Å². The highest BCUT2D eigenvalue weighted by molar-refractivity contribution is 5.75. The van der Waals surface area contributed by atoms with Crippen LogP contribution in [-0.4, -0.2) is 54.9 Å². The highest BCUT2D eigenvalue weighted by Crippen LogP contribution is 2.47. The molecule has 6 atom stereocenters. The third-order valence-electron chi connectivity index (χ3n) is 10.9. The summed E-state index contributed by atoms with van der Waals surface area (Å²) in [5, 5.41) is 10.4. The number of aliphatic carboxylic acids is 1. The van der Waals surface area contributed by atoms with E-state index in [1.807, 2.05) is 0 Å². The van der Waals surface area contributed by atoms with Gasteiger partial charge in [0.15, 0.2) is 12.6 Å². The van der Waals surface area contributed by atoms with Crippen LogP contribution in [0.1, 0.15) is 136 Å². The van der Waals surface area contributed by atoms with Gasteiger partial charge >= 0.3 is 5.97 Å². The van der Waals surface area contributed by atoms with E-state index in [1.54, 1.807) is 0 Å². The molecule has 3 aliphatic heterocycles. The normalized spacial score (nSPS) is 34.0. The van der Waals surface area contributed by atoms with Gasteiger partial charge in [-0.3, -0.25) is 0 Å². The number of ether oxygens (including phenoxy) is 5. The SMILES string of the molecule is C=C1CC[C@H](CCCC(C)(C)CC2CCCC2)[C@H]1C[C@H]1OC1CCC(OC1CCCCO1)(OC1CCCCO1)C(=O)O. The summed E-state index contributed by atoms with van der Waals surface area (Å²) in [4.78, 5) is 12.7. The molecule has 2 aliphatic carbocycles. The van der Waals surface area contributed by atoms with Crippen LogP contribution in [-0.2, 0) is 28.5 Å². The first-order valence-electron chi connectivity index (χ1n) is 17.4. The van der Waals surface area contributed by atoms with Crippen LogP contribution in [0.2, 0.25) is 0 Å². The first-order valence-corrected chi connectivity index (χ1v) is 17.4. The van der Waals surface area contributed by atoms with Gasteiger partial charge in [0, 0.05) is 19.6 Å². The summed E-state index contributed by atoms with van der Waals surface area (Å²) in [7, 11) is 0. The second-order valence-corrected chi connectivity index (χ2v) is 14.8. The first kappa shape index (κ1) is 32.4. The lowest BCUT2D eigenvalue weighted by Gasteiger charge is -2.37. The van der Waals surface area contributed by atoms with Gasteiger partial charge in [-0.25, -0.2) is 4.79 Å². The zero-order valence-electron chi connectivity index (χ0n) is 26.5. The molecule has 0 aromatic heterocycles. The van der Waals surface area contributed by atoms with Gasteiger partial charge in [-0.05, 0) is 107 Å². The van der Waals surface area contributed by atoms with Crippen molar-refractivity contribution in [2.75, 3.05) is 13.2 Å². The van der Waals surface area contributed by atoms with Gasteiger partial charge in [0.1, 0.15) is 0 Å². The molecule has 7 nitrogen and oxygen atoms in total. The molecule has 0 radical (unpaired) electrons. The fourth-order valence-electron chi connectivity index (χ4n) is 8.35. The van der Waals surface area contributed by atoms with Crippen molar-refractivity contribution < 1.29 is 33.6 Å². The van der Waals surface area contributed by atoms with Crippen molar-refractivity contribution in [3.63, 3.8) is 0 Å². The molecule has 5 aliphatic rings. The van der Waals surface area contributed by atoms with Crippen LogP contribution >= 0.6 is 0 Å². The predicted octanol–water partition coefficient (Wildman–Crippen LogP) is 8.15. The van der Waals surface area contributed by atoms with Crippen LogP contribution in [0.25, 0.3) is 0 Å². The molecule has 0 bridgehead atoms. The van der Waals surface area contributed by atoms with E-state index in [0.29, 0.717) is 49.7 Å². The molecule has 0 spiro atoms. The number of allylic oxidation sites excluding steroid dienone is 1. The molecule has 3 saturated heterocycles. The van der Waals surface area contributed by atoms with E-state index in [1.165, 1.54) is 63.4 Å². The van der Waals surface area contributed by atoms with Gasteiger partial charge < -0.3 is 28.8 Å². The third-order valence-corrected chi connectivity index (χ3v) is 10.9. The Bertz CT molecular complexity index is 849. The summed E-state index contributed by atoms with van der Waals surface area (Å²) in [5.74, 6) is -0.736. The van der Waals surface area contributed by atoms with Crippen LogP contribution in [0.4, 0.5) is 0 Å². The average Bonchev–Trinajstić information content (AvgIpc) is 3.34. The molecular formula is C35H58O7. The molecule has 5 rings (SSSR count). The summed E-state index contributed by atoms with van der Waals surface area (Å²) in [5.41, 5.74) is 1.83. The van der Waals surface area contributed by atoms with Crippen LogP contribution < -0.4 is 0 Å². The molecule has 240 valence electrons. The van der Waals surface area contributed by atoms with Gasteiger partial charge in [-0.1, -0.05) is 58.1 Å². The summed E-state index contributed by atoms with van der Waals surface area (Å²) in [6.45, 7) is 10.6. The van der Waals surface area contributed by atoms with E-state index in [-0.39, 0.29) is 18.6 Å². The van der Waals surface area contributed by atoms with Crippen LogP contribution in [0.5, 0.6) is 0 Å². The Morgan fingerprint density at radius 2 is 1.52 bits per heavy atom. The van der Waals surface area contributed by atoms with Crippen molar-refractivity contribution in [1.29, 1.82) is 0 Å². The second kappa shape index (κ2) is 14.9. The number of carboxylic acids is 1. The Kier molecular flexibility index (Phi) is 11.5. The maximum atomic E-state index is 12.7. The standard InChI is InChI=1S/C35H58O7/c1-25-16-17-27(13-10-19-34(2,3)24-26-11-4-5-12-26)28(25)23-30-29(40-30)18-20-35(33(36)37,41-31-14-6-8-21-38-31)42-32-15-7-9-22-39-32/h26-32H,1,4-24H2,2-3H3,(H,36,37)/t27-,28-,29?,30+,31?,32?,35?/m0/s1. The molecule has 7 heteroatoms. The Morgan fingerprint density at radius 1 is 0.881 bits per heavy atom. The number of hydrogen-bond donors (Lipinski definition) is 1. The first-order chi connectivity index (χ1) is 20.2. The van der Waals surface area contributed by atoms with Gasteiger partial charge in [0.05, 0.1) is 12.2 Å². The summed E-state index contributed by atoms with van der Waals surface area (Å²) < 4.78 is 30.0. The second-order valence-electron chi connectivity index (χ2n) is 14.8. The zero-order valence-corrected chi connectivity index (χ0v) is 26.5. The predicted molar refractivity (Wildman–Crippen MR) is 162 cm³/mol. The molecule has 1 N–H and O–H groups in total. The minimum absolute atomic E-state index is 0.0369. The van der Waals surface area contributed by atoms with Gasteiger partial charge in [-0.15, -0.1) is 0 Å². The van der Waals surface area contributed by atoms with Crippen LogP contribution in [0.3, 0.4) is 0 Å². The van der Waals surface area contributed by atoms with E-state index in [0.717, 1.165) is 44.4 Å². The van der Waals surface area contributed by atoms with E-state index in [2.05, 4.69) is 20.4 Å². The maximum Gasteiger partial charge on any atom is 0.364 e. The highest BCUT2D eigenvalue weighted by Gasteiger charge is 2.50. The molecular weight excluding hydrogens is 532 g/mol. The quantitative estimate of drug-likeness (QED) is 0.110. The van der Waals surface area contributed by atoms with Gasteiger partial charge in [0.25, 0.3) is 5.79 Å². The number of rotatable bonds is 16. The van der Waals surface area contributed by atoms with Crippen molar-refractivity contribution in [3.8, 4) is 0 Å². The van der Waals surface area contributed by atoms with Gasteiger partial charge in [-0.2, -0.15) is 0 Å². The topological polar surface area (TPSA) is 86.8 Å². The minimum atomic E-state index is -1.79. The average molecular weight is 591 g/mol. The third kappa shape index (κ3) is 9.03. The molecule has 42 heavy (non-hydrogen) atoms. The Labute approximate surface area is 254 Å². The molecule has 5 fully saturated rings. The van der Waals surface area contributed by atoms with Crippen LogP contribution in [0, 0.1) is 23.2 Å². The summed E-state index contributed by atoms with van der Waals surface area (Å²) >= 11 is 0. The van der Waals surface area contributed by atoms with E-state index in [4.69, 9.17) is 23.7 Å². The number of carboxylic acid groups (broad SMARTS) is 1. The molecule has 0 amide bonds. The number of carbonyl (C=O) groups is 1. The Hall–Kier alpha value is -0.990. The summed E-state index contributed by atoms with van der Waals surface area (Å²) in [6.07, 6.45) is 19.4. The van der Waals surface area contributed by atoms with E-state index in [9.17, 15) is 9.90 Å². The van der Waals surface area contributed by atoms with Crippen molar-refractivity contribution in [3.05, 3.63) is 12.2 Å². The van der Waals surface area contributed by atoms with Crippen LogP contribution in [0.15, 0.2) is 12.2 Å². The molecule has 2 saturated carbocycles. The monoisotopic (exact) mass is 590 g/mol. The summed E-state index contributed by atoms with van der Waals surface area (Å²) in [6, 6.07) is 0. The fraction of sp³-hybridized carbons (Fsp3) is 0.914. The fourth-order valence-corrected chi connectivity index (χ4v) is 8.35. The molecule has 3 heterocycles. The zero-order chi connectivity index (χ0) is 29.6. The van der Waals surface area contributed by atoms with Crippen molar-refractivity contribution >= 4 is 5.97 Å². The van der Waals surface area contributed by atoms with E-state index >= 15 is 0 Å². The maximum absolute atomic E-state index is 12.7. The largest absolute Gasteiger partial charge is 0.477 e. The minimum Gasteiger partial charge on any atom is -0.477 e. The molecule has 3 unspecified atom stereocenters. The lowest BCUT2D eigenvalue weighted by atomic mass is 9.77. The lowest BCUT2D eigenvalue weighted by Crippen LogP contribution is -2.51. The lowest BCUT2D eigenvalue weighted by molar-refractivity contribution is -0.352. The number of epoxide rings is 1. The Balaban J connectivity index is 1.11.